The van der Waals surface area contributed by atoms with Crippen molar-refractivity contribution in [1.82, 2.24) is 10.1 Å². The first-order valence-corrected chi connectivity index (χ1v) is 4.37. The van der Waals surface area contributed by atoms with E-state index in [-0.39, 0.29) is 12.0 Å². The van der Waals surface area contributed by atoms with E-state index in [1.807, 2.05) is 0 Å². The average Bonchev–Trinajstić information content (AvgIpc) is 2.51. The predicted octanol–water partition coefficient (Wildman–Crippen LogP) is 0.742. The zero-order valence-corrected chi connectivity index (χ0v) is 8.40. The van der Waals surface area contributed by atoms with Crippen LogP contribution in [0, 0.1) is 6.92 Å². The summed E-state index contributed by atoms with van der Waals surface area (Å²) in [5.41, 5.74) is 0. The van der Waals surface area contributed by atoms with E-state index in [1.54, 1.807) is 20.8 Å². The molecule has 1 atom stereocenters. The van der Waals surface area contributed by atoms with E-state index in [0.717, 1.165) is 0 Å². The number of carbonyl (C=O) groups excluding carboxylic acids is 1. The van der Waals surface area contributed by atoms with E-state index in [4.69, 9.17) is 9.26 Å². The van der Waals surface area contributed by atoms with Crippen molar-refractivity contribution in [2.75, 3.05) is 11.9 Å². The van der Waals surface area contributed by atoms with E-state index >= 15 is 0 Å². The fourth-order valence-corrected chi connectivity index (χ4v) is 0.867. The normalized spacial score (nSPS) is 12.2. The number of hydrogen-bond acceptors (Lipinski definition) is 6. The first-order valence-electron chi connectivity index (χ1n) is 4.37. The second-order valence-electron chi connectivity index (χ2n) is 2.76. The van der Waals surface area contributed by atoms with Gasteiger partial charge < -0.3 is 14.6 Å². The van der Waals surface area contributed by atoms with Crippen molar-refractivity contribution in [3.63, 3.8) is 0 Å². The van der Waals surface area contributed by atoms with Gasteiger partial charge in [0.15, 0.2) is 5.82 Å². The van der Waals surface area contributed by atoms with Crippen LogP contribution in [-0.2, 0) is 9.53 Å². The molecule has 1 rings (SSSR count). The molecular weight excluding hydrogens is 186 g/mol. The number of rotatable bonds is 4. The first-order chi connectivity index (χ1) is 6.63. The summed E-state index contributed by atoms with van der Waals surface area (Å²) < 4.78 is 9.57. The highest BCUT2D eigenvalue weighted by molar-refractivity contribution is 5.77. The van der Waals surface area contributed by atoms with Gasteiger partial charge in [-0.2, -0.15) is 4.98 Å². The summed E-state index contributed by atoms with van der Waals surface area (Å²) in [5, 5.41) is 6.31. The van der Waals surface area contributed by atoms with E-state index in [1.165, 1.54) is 0 Å². The summed E-state index contributed by atoms with van der Waals surface area (Å²) in [7, 11) is 0. The lowest BCUT2D eigenvalue weighted by atomic mass is 10.3. The van der Waals surface area contributed by atoms with Crippen molar-refractivity contribution >= 4 is 12.0 Å². The van der Waals surface area contributed by atoms with E-state index in [9.17, 15) is 4.79 Å². The summed E-state index contributed by atoms with van der Waals surface area (Å²) in [6, 6.07) is -0.266. The molecule has 0 aromatic carbocycles. The van der Waals surface area contributed by atoms with E-state index < -0.39 is 6.04 Å². The van der Waals surface area contributed by atoms with Crippen LogP contribution >= 0.6 is 0 Å². The molecule has 0 aliphatic rings. The summed E-state index contributed by atoms with van der Waals surface area (Å²) in [5.74, 6) is 0.173. The minimum absolute atomic E-state index is 0.225. The monoisotopic (exact) mass is 199 g/mol. The Morgan fingerprint density at radius 2 is 2.43 bits per heavy atom. The van der Waals surface area contributed by atoms with Crippen LogP contribution in [0.4, 0.5) is 6.01 Å². The van der Waals surface area contributed by atoms with Crippen LogP contribution in [-0.4, -0.2) is 28.8 Å². The lowest BCUT2D eigenvalue weighted by molar-refractivity contribution is -0.143. The van der Waals surface area contributed by atoms with Gasteiger partial charge in [-0.3, -0.25) is 0 Å². The summed E-state index contributed by atoms with van der Waals surface area (Å²) in [4.78, 5) is 15.1. The fraction of sp³-hybridized carbons (Fsp3) is 0.625. The molecule has 1 N–H and O–H groups in total. The van der Waals surface area contributed by atoms with Crippen LogP contribution in [0.5, 0.6) is 0 Å². The standard InChI is InChI=1S/C8H13N3O3/c1-4-13-7(12)5(2)9-8-10-6(3)11-14-8/h5H,4H2,1-3H3,(H,9,10,11). The number of anilines is 1. The number of esters is 1. The van der Waals surface area contributed by atoms with Crippen molar-refractivity contribution in [3.05, 3.63) is 5.82 Å². The van der Waals surface area contributed by atoms with Gasteiger partial charge in [0.25, 0.3) is 0 Å². The molecule has 0 saturated carbocycles. The number of hydrogen-bond donors (Lipinski definition) is 1. The third-order valence-corrected chi connectivity index (χ3v) is 1.51. The van der Waals surface area contributed by atoms with Gasteiger partial charge in [-0.05, 0) is 20.8 Å². The van der Waals surface area contributed by atoms with Gasteiger partial charge in [0.05, 0.1) is 6.61 Å². The molecule has 1 heterocycles. The summed E-state index contributed by atoms with van der Waals surface area (Å²) in [6.07, 6.45) is 0. The molecule has 0 fully saturated rings. The topological polar surface area (TPSA) is 77.2 Å². The molecule has 0 aliphatic carbocycles. The quantitative estimate of drug-likeness (QED) is 0.721. The highest BCUT2D eigenvalue weighted by Crippen LogP contribution is 2.04. The Kier molecular flexibility index (Phi) is 3.44. The second-order valence-corrected chi connectivity index (χ2v) is 2.76. The van der Waals surface area contributed by atoms with Crippen LogP contribution in [0.25, 0.3) is 0 Å². The Morgan fingerprint density at radius 1 is 1.71 bits per heavy atom. The van der Waals surface area contributed by atoms with Crippen LogP contribution in [0.3, 0.4) is 0 Å². The molecule has 0 amide bonds. The number of carbonyl (C=O) groups is 1. The molecule has 1 aromatic heterocycles. The van der Waals surface area contributed by atoms with Gasteiger partial charge in [0, 0.05) is 0 Å². The SMILES string of the molecule is CCOC(=O)C(C)Nc1nc(C)no1. The van der Waals surface area contributed by atoms with Crippen LogP contribution in [0.1, 0.15) is 19.7 Å². The maximum atomic E-state index is 11.2. The fourth-order valence-electron chi connectivity index (χ4n) is 0.867. The molecule has 0 radical (unpaired) electrons. The van der Waals surface area contributed by atoms with Gasteiger partial charge in [-0.25, -0.2) is 4.79 Å². The van der Waals surface area contributed by atoms with Gasteiger partial charge in [0.1, 0.15) is 6.04 Å². The van der Waals surface area contributed by atoms with Crippen molar-refractivity contribution in [2.24, 2.45) is 0 Å². The van der Waals surface area contributed by atoms with Crippen LogP contribution in [0.15, 0.2) is 4.52 Å². The molecule has 1 unspecified atom stereocenters. The van der Waals surface area contributed by atoms with Crippen LogP contribution < -0.4 is 5.32 Å². The predicted molar refractivity (Wildman–Crippen MR) is 48.8 cm³/mol. The zero-order valence-electron chi connectivity index (χ0n) is 8.40. The highest BCUT2D eigenvalue weighted by atomic mass is 16.5. The Hall–Kier alpha value is -1.59. The highest BCUT2D eigenvalue weighted by Gasteiger charge is 2.15. The molecule has 6 heteroatoms. The third kappa shape index (κ3) is 2.72. The van der Waals surface area contributed by atoms with Crippen molar-refractivity contribution < 1.29 is 14.1 Å². The van der Waals surface area contributed by atoms with Gasteiger partial charge in [-0.15, -0.1) is 0 Å². The number of nitrogens with one attached hydrogen (secondary N) is 1. The maximum absolute atomic E-state index is 11.2. The Labute approximate surface area is 81.6 Å². The maximum Gasteiger partial charge on any atom is 0.328 e. The van der Waals surface area contributed by atoms with E-state index in [2.05, 4.69) is 15.5 Å². The van der Waals surface area contributed by atoms with Gasteiger partial charge in [0.2, 0.25) is 0 Å². The molecule has 78 valence electrons. The molecule has 14 heavy (non-hydrogen) atoms. The second kappa shape index (κ2) is 4.59. The van der Waals surface area contributed by atoms with Crippen molar-refractivity contribution in [3.8, 4) is 0 Å². The lowest BCUT2D eigenvalue weighted by Gasteiger charge is -2.09. The molecule has 0 spiro atoms. The van der Waals surface area contributed by atoms with E-state index in [0.29, 0.717) is 12.4 Å². The minimum atomic E-state index is -0.491. The molecule has 0 aliphatic heterocycles. The Balaban J connectivity index is 2.48. The molecular formula is C8H13N3O3. The Morgan fingerprint density at radius 3 is 2.93 bits per heavy atom. The molecule has 0 saturated heterocycles. The number of ether oxygens (including phenoxy) is 1. The average molecular weight is 199 g/mol. The summed E-state index contributed by atoms with van der Waals surface area (Å²) >= 11 is 0. The van der Waals surface area contributed by atoms with Gasteiger partial charge >= 0.3 is 12.0 Å². The van der Waals surface area contributed by atoms with Crippen LogP contribution in [0.2, 0.25) is 0 Å². The molecule has 6 nitrogen and oxygen atoms in total. The third-order valence-electron chi connectivity index (χ3n) is 1.51. The zero-order chi connectivity index (χ0) is 10.6. The smallest absolute Gasteiger partial charge is 0.328 e. The lowest BCUT2D eigenvalue weighted by Crippen LogP contribution is -2.28. The van der Waals surface area contributed by atoms with Crippen molar-refractivity contribution in [2.45, 2.75) is 26.8 Å². The van der Waals surface area contributed by atoms with Gasteiger partial charge in [-0.1, -0.05) is 5.16 Å². The summed E-state index contributed by atoms with van der Waals surface area (Å²) in [6.45, 7) is 5.47. The number of nitrogens with zero attached hydrogens (tertiary/aromatic N) is 2. The first kappa shape index (κ1) is 10.5. The number of aromatic nitrogens is 2. The number of aryl methyl sites for hydroxylation is 1. The Bertz CT molecular complexity index is 311. The minimum Gasteiger partial charge on any atom is -0.464 e. The van der Waals surface area contributed by atoms with Crippen molar-refractivity contribution in [1.29, 1.82) is 0 Å². The molecule has 0 bridgehead atoms. The largest absolute Gasteiger partial charge is 0.464 e. The molecule has 1 aromatic rings.